The molecule has 0 saturated heterocycles. The van der Waals surface area contributed by atoms with Gasteiger partial charge in [-0.25, -0.2) is 0 Å². The van der Waals surface area contributed by atoms with Crippen molar-refractivity contribution < 1.29 is 10.2 Å². The average molecular weight is 363 g/mol. The number of phenolic OH excluding ortho intramolecular Hbond substituents is 2. The second-order valence-electron chi connectivity index (χ2n) is 9.91. The predicted octanol–water partition coefficient (Wildman–Crippen LogP) is 6.06. The molecule has 0 heterocycles. The summed E-state index contributed by atoms with van der Waals surface area (Å²) in [4.78, 5) is 0. The number of hydrogen-bond donors (Lipinski definition) is 2. The zero-order valence-electron chi connectivity index (χ0n) is 16.2. The summed E-state index contributed by atoms with van der Waals surface area (Å²) in [5.41, 5.74) is 3.77. The molecule has 4 saturated carbocycles. The molecule has 4 aliphatic rings. The Morgan fingerprint density at radius 2 is 1.22 bits per heavy atom. The molecule has 0 amide bonds. The van der Waals surface area contributed by atoms with Crippen molar-refractivity contribution in [2.75, 3.05) is 0 Å². The van der Waals surface area contributed by atoms with Gasteiger partial charge in [-0.3, -0.25) is 0 Å². The van der Waals surface area contributed by atoms with Gasteiger partial charge < -0.3 is 10.2 Å². The van der Waals surface area contributed by atoms with Gasteiger partial charge in [-0.05, 0) is 103 Å². The van der Waals surface area contributed by atoms with E-state index in [1.807, 2.05) is 24.3 Å². The van der Waals surface area contributed by atoms with Crippen LogP contribution in [0.25, 0.3) is 0 Å². The van der Waals surface area contributed by atoms with Crippen molar-refractivity contribution in [1.82, 2.24) is 0 Å². The predicted molar refractivity (Wildman–Crippen MR) is 108 cm³/mol. The van der Waals surface area contributed by atoms with E-state index in [0.29, 0.717) is 16.9 Å². The molecular weight excluding hydrogens is 332 g/mol. The van der Waals surface area contributed by atoms with Crippen LogP contribution >= 0.6 is 0 Å². The highest BCUT2D eigenvalue weighted by atomic mass is 16.3. The van der Waals surface area contributed by atoms with Gasteiger partial charge in [0.1, 0.15) is 11.5 Å². The third-order valence-corrected chi connectivity index (χ3v) is 7.92. The van der Waals surface area contributed by atoms with Gasteiger partial charge in [-0.15, -0.1) is 0 Å². The quantitative estimate of drug-likeness (QED) is 0.694. The molecule has 0 aromatic heterocycles. The van der Waals surface area contributed by atoms with Crippen LogP contribution in [0.5, 0.6) is 11.5 Å². The minimum atomic E-state index is 0.236. The largest absolute Gasteiger partial charge is 0.508 e. The molecule has 4 aliphatic carbocycles. The number of benzene rings is 2. The molecule has 0 radical (unpaired) electrons. The first-order chi connectivity index (χ1) is 13.0. The Hall–Kier alpha value is -1.96. The molecule has 142 valence electrons. The zero-order valence-corrected chi connectivity index (χ0v) is 16.2. The smallest absolute Gasteiger partial charge is 0.115 e. The van der Waals surface area contributed by atoms with Crippen molar-refractivity contribution in [3.05, 3.63) is 59.7 Å². The molecule has 0 aliphatic heterocycles. The molecule has 2 N–H and O–H groups in total. The minimum Gasteiger partial charge on any atom is -0.508 e. The lowest BCUT2D eigenvalue weighted by atomic mass is 9.37. The molecular formula is C25H30O2. The number of rotatable bonds is 4. The first-order valence-corrected chi connectivity index (χ1v) is 10.6. The maximum absolute atomic E-state index is 9.80. The van der Waals surface area contributed by atoms with Crippen molar-refractivity contribution in [3.63, 3.8) is 0 Å². The van der Waals surface area contributed by atoms with Gasteiger partial charge in [0.25, 0.3) is 0 Å². The highest BCUT2D eigenvalue weighted by Gasteiger charge is 2.63. The Morgan fingerprint density at radius 3 is 1.67 bits per heavy atom. The molecule has 2 aromatic carbocycles. The van der Waals surface area contributed by atoms with Gasteiger partial charge in [0.15, 0.2) is 0 Å². The summed E-state index contributed by atoms with van der Waals surface area (Å²) in [6.07, 6.45) is 10.4. The van der Waals surface area contributed by atoms with Crippen LogP contribution in [-0.2, 0) is 10.8 Å². The lowest BCUT2D eigenvalue weighted by molar-refractivity contribution is -0.0944. The first kappa shape index (κ1) is 17.2. The van der Waals surface area contributed by atoms with Crippen LogP contribution in [0.1, 0.15) is 69.4 Å². The Bertz CT molecular complexity index is 774. The van der Waals surface area contributed by atoms with Crippen LogP contribution in [0.2, 0.25) is 0 Å². The van der Waals surface area contributed by atoms with E-state index < -0.39 is 0 Å². The van der Waals surface area contributed by atoms with Gasteiger partial charge in [0, 0.05) is 0 Å². The molecule has 4 bridgehead atoms. The number of hydrogen-bond acceptors (Lipinski definition) is 2. The summed E-state index contributed by atoms with van der Waals surface area (Å²) in [6, 6.07) is 16.2. The lowest BCUT2D eigenvalue weighted by Crippen LogP contribution is -2.60. The minimum absolute atomic E-state index is 0.236. The fourth-order valence-corrected chi connectivity index (χ4v) is 7.72. The van der Waals surface area contributed by atoms with E-state index in [-0.39, 0.29) is 10.8 Å². The van der Waals surface area contributed by atoms with Crippen LogP contribution in [0, 0.1) is 11.3 Å². The maximum atomic E-state index is 9.80. The fraction of sp³-hybridized carbons (Fsp3) is 0.520. The van der Waals surface area contributed by atoms with E-state index in [1.165, 1.54) is 62.5 Å². The highest BCUT2D eigenvalue weighted by molar-refractivity contribution is 5.41. The molecule has 0 spiro atoms. The van der Waals surface area contributed by atoms with E-state index in [0.717, 1.165) is 5.92 Å². The molecule has 2 heteroatoms. The van der Waals surface area contributed by atoms with Crippen LogP contribution in [0.15, 0.2) is 48.5 Å². The second-order valence-corrected chi connectivity index (χ2v) is 9.91. The second kappa shape index (κ2) is 5.77. The summed E-state index contributed by atoms with van der Waals surface area (Å²) in [7, 11) is 0. The SMILES string of the molecule is CCCC12CC3CC(c4ccc(O)cc4)(C1)CC(c1ccc(O)cc1)(C3)C2. The average Bonchev–Trinajstić information content (AvgIpc) is 2.61. The van der Waals surface area contributed by atoms with Crippen molar-refractivity contribution in [2.45, 2.75) is 69.1 Å². The monoisotopic (exact) mass is 362 g/mol. The summed E-state index contributed by atoms with van der Waals surface area (Å²) in [6.45, 7) is 2.33. The standard InChI is InChI=1S/C25H30O2/c1-2-11-23-12-18-13-24(15-23,19-3-7-21(26)8-4-19)17-25(14-18,16-23)20-5-9-22(27)10-6-20/h3-10,18,26-27H,2,11-17H2,1H3. The van der Waals surface area contributed by atoms with Crippen LogP contribution in [0.4, 0.5) is 0 Å². The molecule has 2 nitrogen and oxygen atoms in total. The van der Waals surface area contributed by atoms with Crippen LogP contribution in [-0.4, -0.2) is 10.2 Å². The normalized spacial score (nSPS) is 36.9. The Morgan fingerprint density at radius 1 is 0.741 bits per heavy atom. The Kier molecular flexibility index (Phi) is 3.67. The van der Waals surface area contributed by atoms with Gasteiger partial charge in [-0.1, -0.05) is 37.6 Å². The summed E-state index contributed by atoms with van der Waals surface area (Å²) < 4.78 is 0. The van der Waals surface area contributed by atoms with Gasteiger partial charge in [0.2, 0.25) is 0 Å². The third kappa shape index (κ3) is 2.60. The maximum Gasteiger partial charge on any atom is 0.115 e. The fourth-order valence-electron chi connectivity index (χ4n) is 7.72. The van der Waals surface area contributed by atoms with Crippen LogP contribution < -0.4 is 0 Å². The molecule has 2 aromatic rings. The molecule has 2 atom stereocenters. The summed E-state index contributed by atoms with van der Waals surface area (Å²) in [5, 5.41) is 19.6. The van der Waals surface area contributed by atoms with E-state index in [9.17, 15) is 10.2 Å². The molecule has 6 rings (SSSR count). The van der Waals surface area contributed by atoms with Crippen molar-refractivity contribution >= 4 is 0 Å². The van der Waals surface area contributed by atoms with Gasteiger partial charge in [0.05, 0.1) is 0 Å². The topological polar surface area (TPSA) is 40.5 Å². The summed E-state index contributed by atoms with van der Waals surface area (Å²) in [5.74, 6) is 1.51. The zero-order chi connectivity index (χ0) is 18.7. The summed E-state index contributed by atoms with van der Waals surface area (Å²) >= 11 is 0. The van der Waals surface area contributed by atoms with Crippen molar-refractivity contribution in [3.8, 4) is 11.5 Å². The first-order valence-electron chi connectivity index (χ1n) is 10.6. The van der Waals surface area contributed by atoms with Gasteiger partial charge in [-0.2, -0.15) is 0 Å². The van der Waals surface area contributed by atoms with E-state index in [4.69, 9.17) is 0 Å². The lowest BCUT2D eigenvalue weighted by Gasteiger charge is -2.67. The Labute approximate surface area is 162 Å². The van der Waals surface area contributed by atoms with Crippen molar-refractivity contribution in [1.29, 1.82) is 0 Å². The highest BCUT2D eigenvalue weighted by Crippen LogP contribution is 2.71. The van der Waals surface area contributed by atoms with E-state index in [1.54, 1.807) is 0 Å². The number of phenols is 2. The molecule has 4 fully saturated rings. The van der Waals surface area contributed by atoms with Crippen LogP contribution in [0.3, 0.4) is 0 Å². The van der Waals surface area contributed by atoms with Gasteiger partial charge >= 0.3 is 0 Å². The number of aromatic hydroxyl groups is 2. The third-order valence-electron chi connectivity index (χ3n) is 7.92. The molecule has 27 heavy (non-hydrogen) atoms. The van der Waals surface area contributed by atoms with Crippen molar-refractivity contribution in [2.24, 2.45) is 11.3 Å². The van der Waals surface area contributed by atoms with E-state index in [2.05, 4.69) is 31.2 Å². The van der Waals surface area contributed by atoms with E-state index >= 15 is 0 Å². The molecule has 2 unspecified atom stereocenters. The Balaban J connectivity index is 1.64.